The molecule has 0 amide bonds. The van der Waals surface area contributed by atoms with Crippen LogP contribution in [0.2, 0.25) is 0 Å². The number of rotatable bonds is 0. The molecule has 2 aliphatic carbocycles. The van der Waals surface area contributed by atoms with Gasteiger partial charge in [-0.3, -0.25) is 12.2 Å². The smallest absolute Gasteiger partial charge is 0.171 e. The van der Waals surface area contributed by atoms with Gasteiger partial charge in [0.25, 0.3) is 0 Å². The maximum absolute atomic E-state index is 3.34. The molecule has 0 aliphatic heterocycles. The summed E-state index contributed by atoms with van der Waals surface area (Å²) in [6.45, 7) is 0. The first-order valence-electron chi connectivity index (χ1n) is 7.61. The van der Waals surface area contributed by atoms with E-state index in [0.717, 1.165) is 12.8 Å². The number of hydrogen-bond acceptors (Lipinski definition) is 0. The van der Waals surface area contributed by atoms with Gasteiger partial charge in [-0.15, -0.1) is 12.8 Å². The summed E-state index contributed by atoms with van der Waals surface area (Å²) in [5.74, 6) is 0. The molecule has 4 rings (SSSR count). The average molecular weight is 390 g/mol. The second-order valence-electron chi connectivity index (χ2n) is 4.16. The summed E-state index contributed by atoms with van der Waals surface area (Å²) in [5.41, 5.74) is 0. The van der Waals surface area contributed by atoms with E-state index in [1.54, 1.807) is 0 Å². The van der Waals surface area contributed by atoms with Crippen molar-refractivity contribution < 1.29 is 24.2 Å². The van der Waals surface area contributed by atoms with Crippen LogP contribution in [-0.4, -0.2) is 4.21 Å². The Morgan fingerprint density at radius 1 is 0.583 bits per heavy atom. The van der Waals surface area contributed by atoms with Gasteiger partial charge in [-0.25, -0.2) is 24.3 Å². The van der Waals surface area contributed by atoms with E-state index in [1.807, 2.05) is 85.0 Å². The zero-order valence-electron chi connectivity index (χ0n) is 13.9. The van der Waals surface area contributed by atoms with Crippen molar-refractivity contribution in [1.82, 2.24) is 0 Å². The normalized spacial score (nSPS) is 11.5. The van der Waals surface area contributed by atoms with Crippen LogP contribution in [0.4, 0.5) is 0 Å². The van der Waals surface area contributed by atoms with Crippen molar-refractivity contribution in [3.8, 4) is 0 Å². The van der Waals surface area contributed by atoms with Gasteiger partial charge in [-0.2, -0.15) is 84.9 Å². The molecule has 0 saturated carbocycles. The van der Waals surface area contributed by atoms with E-state index < -0.39 is 0 Å². The van der Waals surface area contributed by atoms with Crippen LogP contribution in [0.15, 0.2) is 97.1 Å². The molecule has 0 radical (unpaired) electrons. The van der Waals surface area contributed by atoms with Crippen LogP contribution in [-0.2, 0) is 24.2 Å². The van der Waals surface area contributed by atoms with Gasteiger partial charge in [-0.05, 0) is 0 Å². The first-order chi connectivity index (χ1) is 12.0. The van der Waals surface area contributed by atoms with Crippen molar-refractivity contribution in [3.05, 3.63) is 121 Å². The number of hydrogen-bond donors (Lipinski definition) is 0. The molecule has 1 heteroatoms. The van der Waals surface area contributed by atoms with Gasteiger partial charge in [0, 0.05) is 0 Å². The molecule has 0 nitrogen and oxygen atoms in total. The molecule has 2 aromatic carbocycles. The molecule has 2 aromatic rings. The standard InChI is InChI=1S/2C6H5.2C5H5.CH2.Zr/c2*1-2-4-6-5-3-1;2*1-2-4-5-3-1;;/h2*1-5H;2*1-3H,4H2;1H2;/q4*-1;;. The predicted molar refractivity (Wildman–Crippen MR) is 101 cm³/mol. The zero-order chi connectivity index (χ0) is 17.6. The summed E-state index contributed by atoms with van der Waals surface area (Å²) >= 11 is 1.30. The Bertz CT molecular complexity index is 439. The second-order valence-corrected chi connectivity index (χ2v) is 4.16. The van der Waals surface area contributed by atoms with Crippen LogP contribution in [0.3, 0.4) is 0 Å². The van der Waals surface area contributed by atoms with Crippen molar-refractivity contribution >= 4 is 4.21 Å². The zero-order valence-corrected chi connectivity index (χ0v) is 16.3. The van der Waals surface area contributed by atoms with Crippen LogP contribution < -0.4 is 0 Å². The Kier molecular flexibility index (Phi) is 19.5. The van der Waals surface area contributed by atoms with Crippen LogP contribution >= 0.6 is 0 Å². The van der Waals surface area contributed by atoms with E-state index in [0.29, 0.717) is 0 Å². The van der Waals surface area contributed by atoms with Crippen LogP contribution in [0.25, 0.3) is 0 Å². The molecule has 0 saturated heterocycles. The van der Waals surface area contributed by atoms with Gasteiger partial charge in [0.05, 0.1) is 0 Å². The maximum atomic E-state index is 3.34. The third-order valence-corrected chi connectivity index (χ3v) is 2.39. The van der Waals surface area contributed by atoms with Gasteiger partial charge < -0.3 is 0 Å². The van der Waals surface area contributed by atoms with Gasteiger partial charge in [0.1, 0.15) is 0 Å². The first-order valence-corrected chi connectivity index (χ1v) is 9.35. The molecule has 24 heavy (non-hydrogen) atoms. The van der Waals surface area contributed by atoms with E-state index >= 15 is 0 Å². The SMILES string of the molecule is [C-]1=CC=CC1.[C-]1=CC=CC1.[CH2]=[Zr].[c-]1ccccc1.[c-]1ccccc1. The molecule has 0 aromatic heterocycles. The summed E-state index contributed by atoms with van der Waals surface area (Å²) in [7, 11) is 0. The molecular weight excluding hydrogens is 367 g/mol. The monoisotopic (exact) mass is 388 g/mol. The summed E-state index contributed by atoms with van der Waals surface area (Å²) < 4.78 is 3.34. The Labute approximate surface area is 162 Å². The molecule has 0 unspecified atom stereocenters. The number of allylic oxidation sites excluding steroid dienone is 8. The van der Waals surface area contributed by atoms with Crippen LogP contribution in [0.5, 0.6) is 0 Å². The largest absolute Gasteiger partial charge is 0.184 e. The molecule has 0 atom stereocenters. The average Bonchev–Trinajstić information content (AvgIpc) is 3.45. The first kappa shape index (κ1) is 22.2. The fourth-order valence-electron chi connectivity index (χ4n) is 1.36. The Morgan fingerprint density at radius 2 is 0.958 bits per heavy atom. The van der Waals surface area contributed by atoms with Gasteiger partial charge in [-0.1, -0.05) is 0 Å². The van der Waals surface area contributed by atoms with E-state index in [2.05, 4.69) is 40.6 Å². The van der Waals surface area contributed by atoms with E-state index in [-0.39, 0.29) is 0 Å². The van der Waals surface area contributed by atoms with Crippen LogP contribution in [0.1, 0.15) is 12.8 Å². The minimum absolute atomic E-state index is 1.01. The summed E-state index contributed by atoms with van der Waals surface area (Å²) in [5, 5.41) is 0. The maximum Gasteiger partial charge on any atom is -0.171 e. The molecular formula is C23H22Zr-4. The summed E-state index contributed by atoms with van der Waals surface area (Å²) in [6, 6.07) is 25.0. The Morgan fingerprint density at radius 3 is 1.04 bits per heavy atom. The molecule has 0 spiro atoms. The van der Waals surface area contributed by atoms with Crippen molar-refractivity contribution in [2.75, 3.05) is 0 Å². The van der Waals surface area contributed by atoms with Crippen molar-refractivity contribution in [2.45, 2.75) is 12.8 Å². The minimum Gasteiger partial charge on any atom is -0.184 e. The third-order valence-electron chi connectivity index (χ3n) is 2.39. The quantitative estimate of drug-likeness (QED) is 0.518. The van der Waals surface area contributed by atoms with Gasteiger partial charge in [0.2, 0.25) is 0 Å². The minimum atomic E-state index is 1.01. The third kappa shape index (κ3) is 18.2. The molecule has 0 bridgehead atoms. The van der Waals surface area contributed by atoms with Crippen LogP contribution in [0, 0.1) is 24.3 Å². The van der Waals surface area contributed by atoms with Crippen molar-refractivity contribution in [3.63, 3.8) is 0 Å². The Hall–Kier alpha value is -1.85. The fourth-order valence-corrected chi connectivity index (χ4v) is 1.36. The molecule has 0 heterocycles. The van der Waals surface area contributed by atoms with E-state index in [1.165, 1.54) is 24.2 Å². The predicted octanol–water partition coefficient (Wildman–Crippen LogP) is 5.55. The fraction of sp³-hybridized carbons (Fsp3) is 0.0870. The molecule has 0 fully saturated rings. The molecule has 122 valence electrons. The summed E-state index contributed by atoms with van der Waals surface area (Å²) in [6.07, 6.45) is 20.0. The summed E-state index contributed by atoms with van der Waals surface area (Å²) in [4.78, 5) is 0. The Balaban J connectivity index is 0.000000285. The second kappa shape index (κ2) is 21.2. The molecule has 0 N–H and O–H groups in total. The van der Waals surface area contributed by atoms with Crippen molar-refractivity contribution in [2.24, 2.45) is 0 Å². The molecule has 2 aliphatic rings. The number of benzene rings is 2. The van der Waals surface area contributed by atoms with Crippen molar-refractivity contribution in [1.29, 1.82) is 0 Å². The van der Waals surface area contributed by atoms with E-state index in [4.69, 9.17) is 0 Å². The van der Waals surface area contributed by atoms with Gasteiger partial charge >= 0.3 is 28.4 Å². The van der Waals surface area contributed by atoms with Gasteiger partial charge in [0.15, 0.2) is 0 Å². The topological polar surface area (TPSA) is 0 Å². The van der Waals surface area contributed by atoms with E-state index in [9.17, 15) is 0 Å².